The lowest BCUT2D eigenvalue weighted by molar-refractivity contribution is 0.102. The highest BCUT2D eigenvalue weighted by atomic mass is 16.1. The fourth-order valence-corrected chi connectivity index (χ4v) is 4.39. The Kier molecular flexibility index (Phi) is 5.27. The molecule has 0 bridgehead atoms. The second-order valence-electron chi connectivity index (χ2n) is 8.20. The van der Waals surface area contributed by atoms with Crippen LogP contribution in [0.1, 0.15) is 40.0 Å². The summed E-state index contributed by atoms with van der Waals surface area (Å²) < 4.78 is 0. The Bertz CT molecular complexity index is 1330. The zero-order valence-corrected chi connectivity index (χ0v) is 18.3. The Labute approximate surface area is 187 Å². The Balaban J connectivity index is 1.46. The van der Waals surface area contributed by atoms with E-state index in [0.717, 1.165) is 58.4 Å². The molecule has 0 saturated carbocycles. The first-order valence-electron chi connectivity index (χ1n) is 10.9. The van der Waals surface area contributed by atoms with Gasteiger partial charge in [0, 0.05) is 53.3 Å². The Morgan fingerprint density at radius 3 is 2.72 bits per heavy atom. The van der Waals surface area contributed by atoms with Gasteiger partial charge in [-0.15, -0.1) is 0 Å². The van der Waals surface area contributed by atoms with Crippen molar-refractivity contribution >= 4 is 28.3 Å². The number of hydrogen-bond donors (Lipinski definition) is 2. The number of anilines is 2. The summed E-state index contributed by atoms with van der Waals surface area (Å²) in [4.78, 5) is 26.6. The van der Waals surface area contributed by atoms with E-state index >= 15 is 0 Å². The lowest BCUT2D eigenvalue weighted by Gasteiger charge is -2.19. The average Bonchev–Trinajstić information content (AvgIpc) is 2.84. The lowest BCUT2D eigenvalue weighted by atomic mass is 9.88. The van der Waals surface area contributed by atoms with E-state index in [1.807, 2.05) is 50.6 Å². The number of amides is 1. The summed E-state index contributed by atoms with van der Waals surface area (Å²) in [6.45, 7) is 1.96. The van der Waals surface area contributed by atoms with Gasteiger partial charge in [-0.25, -0.2) is 4.98 Å². The van der Waals surface area contributed by atoms with Crippen LogP contribution in [-0.4, -0.2) is 27.9 Å². The minimum absolute atomic E-state index is 0.0826. The molecular weight excluding hydrogens is 398 g/mol. The maximum Gasteiger partial charge on any atom is 0.255 e. The minimum Gasteiger partial charge on any atom is -0.373 e. The Hall–Kier alpha value is -3.80. The number of benzene rings is 1. The van der Waals surface area contributed by atoms with Crippen LogP contribution >= 0.6 is 0 Å². The molecule has 3 aromatic heterocycles. The molecule has 5 rings (SSSR count). The van der Waals surface area contributed by atoms with Crippen LogP contribution in [0.2, 0.25) is 0 Å². The minimum atomic E-state index is -0.0826. The van der Waals surface area contributed by atoms with Crippen LogP contribution in [-0.2, 0) is 12.8 Å². The van der Waals surface area contributed by atoms with Crippen LogP contribution in [0.5, 0.6) is 0 Å². The van der Waals surface area contributed by atoms with Crippen LogP contribution in [0.3, 0.4) is 0 Å². The molecule has 0 unspecified atom stereocenters. The molecule has 0 spiro atoms. The third-order valence-corrected chi connectivity index (χ3v) is 6.12. The molecule has 1 aliphatic rings. The molecule has 160 valence electrons. The largest absolute Gasteiger partial charge is 0.373 e. The van der Waals surface area contributed by atoms with E-state index in [1.54, 1.807) is 6.20 Å². The van der Waals surface area contributed by atoms with Crippen molar-refractivity contribution in [1.82, 2.24) is 15.0 Å². The summed E-state index contributed by atoms with van der Waals surface area (Å²) in [6.07, 6.45) is 9.69. The van der Waals surface area contributed by atoms with Gasteiger partial charge in [-0.2, -0.15) is 0 Å². The molecule has 1 amide bonds. The summed E-state index contributed by atoms with van der Waals surface area (Å²) in [5.41, 5.74) is 7.54. The van der Waals surface area contributed by atoms with Gasteiger partial charge in [-0.1, -0.05) is 12.1 Å². The van der Waals surface area contributed by atoms with Crippen molar-refractivity contribution in [3.8, 4) is 11.1 Å². The number of carbonyl (C=O) groups excluding carboxylic acids is 1. The third-order valence-electron chi connectivity index (χ3n) is 6.12. The SMILES string of the molecule is CNc1cc2ncc(-c3cc(NC(=O)c4cccc5c4CCCC5)cnc3C)cc2cn1. The van der Waals surface area contributed by atoms with Crippen molar-refractivity contribution in [3.63, 3.8) is 0 Å². The van der Waals surface area contributed by atoms with Crippen molar-refractivity contribution in [2.45, 2.75) is 32.6 Å². The number of nitrogens with one attached hydrogen (secondary N) is 2. The van der Waals surface area contributed by atoms with Crippen LogP contribution in [0, 0.1) is 6.92 Å². The number of pyridine rings is 3. The molecule has 4 aromatic rings. The molecule has 1 aliphatic carbocycles. The summed E-state index contributed by atoms with van der Waals surface area (Å²) in [5, 5.41) is 7.04. The van der Waals surface area contributed by atoms with Gasteiger partial charge in [0.1, 0.15) is 5.82 Å². The van der Waals surface area contributed by atoms with Crippen LogP contribution in [0.15, 0.2) is 55.0 Å². The van der Waals surface area contributed by atoms with Crippen LogP contribution in [0.25, 0.3) is 22.0 Å². The van der Waals surface area contributed by atoms with Crippen molar-refractivity contribution < 1.29 is 4.79 Å². The normalized spacial score (nSPS) is 12.9. The number of hydrogen-bond acceptors (Lipinski definition) is 5. The predicted molar refractivity (Wildman–Crippen MR) is 128 cm³/mol. The van der Waals surface area contributed by atoms with Gasteiger partial charge in [0.2, 0.25) is 0 Å². The smallest absolute Gasteiger partial charge is 0.255 e. The maximum atomic E-state index is 13.1. The van der Waals surface area contributed by atoms with E-state index in [1.165, 1.54) is 17.5 Å². The van der Waals surface area contributed by atoms with E-state index in [4.69, 9.17) is 0 Å². The van der Waals surface area contributed by atoms with Crippen molar-refractivity contribution in [1.29, 1.82) is 0 Å². The quantitative estimate of drug-likeness (QED) is 0.473. The van der Waals surface area contributed by atoms with Crippen molar-refractivity contribution in [2.75, 3.05) is 17.7 Å². The van der Waals surface area contributed by atoms with E-state index in [2.05, 4.69) is 37.7 Å². The van der Waals surface area contributed by atoms with Gasteiger partial charge in [0.25, 0.3) is 5.91 Å². The predicted octanol–water partition coefficient (Wildman–Crippen LogP) is 5.17. The molecular formula is C26H25N5O. The van der Waals surface area contributed by atoms with Gasteiger partial charge in [-0.05, 0) is 61.9 Å². The third kappa shape index (κ3) is 3.80. The van der Waals surface area contributed by atoms with E-state index < -0.39 is 0 Å². The number of nitrogens with zero attached hydrogens (tertiary/aromatic N) is 3. The van der Waals surface area contributed by atoms with Gasteiger partial charge in [0.05, 0.1) is 17.4 Å². The number of rotatable bonds is 4. The Morgan fingerprint density at radius 1 is 0.969 bits per heavy atom. The highest BCUT2D eigenvalue weighted by molar-refractivity contribution is 6.05. The molecule has 3 heterocycles. The molecule has 0 fully saturated rings. The number of carbonyl (C=O) groups is 1. The fraction of sp³-hybridized carbons (Fsp3) is 0.231. The highest BCUT2D eigenvalue weighted by Gasteiger charge is 2.18. The number of aromatic nitrogens is 3. The first-order chi connectivity index (χ1) is 15.6. The second kappa shape index (κ2) is 8.38. The summed E-state index contributed by atoms with van der Waals surface area (Å²) in [7, 11) is 1.84. The summed E-state index contributed by atoms with van der Waals surface area (Å²) in [6, 6.07) is 12.0. The standard InChI is InChI=1S/C26H25N5O/c1-16-23(18-10-19-14-30-25(27-2)12-24(19)29-13-18)11-20(15-28-16)31-26(32)22-9-5-7-17-6-3-4-8-21(17)22/h5,7,9-15H,3-4,6,8H2,1-2H3,(H,27,30)(H,31,32). The van der Waals surface area contributed by atoms with Gasteiger partial charge < -0.3 is 10.6 Å². The molecule has 0 radical (unpaired) electrons. The summed E-state index contributed by atoms with van der Waals surface area (Å²) in [5.74, 6) is 0.698. The van der Waals surface area contributed by atoms with Crippen molar-refractivity contribution in [2.24, 2.45) is 0 Å². The number of fused-ring (bicyclic) bond motifs is 2. The average molecular weight is 424 g/mol. The Morgan fingerprint density at radius 2 is 1.84 bits per heavy atom. The molecule has 0 aliphatic heterocycles. The van der Waals surface area contributed by atoms with E-state index in [-0.39, 0.29) is 5.91 Å². The van der Waals surface area contributed by atoms with Crippen LogP contribution < -0.4 is 10.6 Å². The molecule has 32 heavy (non-hydrogen) atoms. The van der Waals surface area contributed by atoms with Gasteiger partial charge in [0.15, 0.2) is 0 Å². The first kappa shape index (κ1) is 20.1. The van der Waals surface area contributed by atoms with Gasteiger partial charge in [-0.3, -0.25) is 14.8 Å². The van der Waals surface area contributed by atoms with E-state index in [0.29, 0.717) is 5.69 Å². The highest BCUT2D eigenvalue weighted by Crippen LogP contribution is 2.29. The molecule has 2 N–H and O–H groups in total. The molecule has 1 aromatic carbocycles. The maximum absolute atomic E-state index is 13.1. The molecule has 6 heteroatoms. The molecule has 0 saturated heterocycles. The lowest BCUT2D eigenvalue weighted by Crippen LogP contribution is -2.17. The zero-order chi connectivity index (χ0) is 22.1. The van der Waals surface area contributed by atoms with Crippen LogP contribution in [0.4, 0.5) is 11.5 Å². The second-order valence-corrected chi connectivity index (χ2v) is 8.20. The molecule has 6 nitrogen and oxygen atoms in total. The fourth-order valence-electron chi connectivity index (χ4n) is 4.39. The first-order valence-corrected chi connectivity index (χ1v) is 10.9. The van der Waals surface area contributed by atoms with Gasteiger partial charge >= 0.3 is 0 Å². The van der Waals surface area contributed by atoms with E-state index in [9.17, 15) is 4.79 Å². The van der Waals surface area contributed by atoms with Crippen molar-refractivity contribution in [3.05, 3.63) is 77.4 Å². The zero-order valence-electron chi connectivity index (χ0n) is 18.3. The molecule has 0 atom stereocenters. The summed E-state index contributed by atoms with van der Waals surface area (Å²) >= 11 is 0. The monoisotopic (exact) mass is 423 g/mol. The number of aryl methyl sites for hydroxylation is 2. The topological polar surface area (TPSA) is 79.8 Å².